The van der Waals surface area contributed by atoms with Crippen LogP contribution in [-0.4, -0.2) is 22.2 Å². The first-order valence-electron chi connectivity index (χ1n) is 4.40. The van der Waals surface area contributed by atoms with Crippen molar-refractivity contribution < 1.29 is 9.53 Å². The standard InChI is InChI=1S/C9H14N2O3/c1-7(2)11-5-4-10(9(11)13)6-8(12)14-3/h4-5,7H,6H2,1-3H3. The Hall–Kier alpha value is -1.52. The molecule has 0 atom stereocenters. The molecule has 5 nitrogen and oxygen atoms in total. The summed E-state index contributed by atoms with van der Waals surface area (Å²) in [7, 11) is 1.30. The van der Waals surface area contributed by atoms with E-state index in [2.05, 4.69) is 4.74 Å². The largest absolute Gasteiger partial charge is 0.468 e. The Balaban J connectivity index is 2.91. The van der Waals surface area contributed by atoms with Gasteiger partial charge >= 0.3 is 11.7 Å². The summed E-state index contributed by atoms with van der Waals surface area (Å²) in [4.78, 5) is 22.5. The average Bonchev–Trinajstić information content (AvgIpc) is 2.48. The molecule has 0 aliphatic carbocycles. The van der Waals surface area contributed by atoms with Gasteiger partial charge < -0.3 is 4.74 Å². The fraction of sp³-hybridized carbons (Fsp3) is 0.556. The number of ether oxygens (including phenoxy) is 1. The van der Waals surface area contributed by atoms with Crippen LogP contribution < -0.4 is 5.69 Å². The number of carbonyl (C=O) groups excluding carboxylic acids is 1. The molecule has 14 heavy (non-hydrogen) atoms. The van der Waals surface area contributed by atoms with Crippen LogP contribution >= 0.6 is 0 Å². The van der Waals surface area contributed by atoms with Gasteiger partial charge in [-0.15, -0.1) is 0 Å². The van der Waals surface area contributed by atoms with Gasteiger partial charge in [0.2, 0.25) is 0 Å². The number of aromatic nitrogens is 2. The molecule has 0 bridgehead atoms. The van der Waals surface area contributed by atoms with E-state index in [1.54, 1.807) is 17.0 Å². The summed E-state index contributed by atoms with van der Waals surface area (Å²) in [6.07, 6.45) is 3.25. The van der Waals surface area contributed by atoms with E-state index in [9.17, 15) is 9.59 Å². The molecular weight excluding hydrogens is 184 g/mol. The Morgan fingerprint density at radius 1 is 1.50 bits per heavy atom. The lowest BCUT2D eigenvalue weighted by atomic mass is 10.4. The molecule has 0 aromatic carbocycles. The normalized spacial score (nSPS) is 10.6. The maximum Gasteiger partial charge on any atom is 0.328 e. The fourth-order valence-corrected chi connectivity index (χ4v) is 1.15. The molecule has 1 rings (SSSR count). The third-order valence-electron chi connectivity index (χ3n) is 1.96. The summed E-state index contributed by atoms with van der Waals surface area (Å²) >= 11 is 0. The van der Waals surface area contributed by atoms with Crippen LogP contribution in [0.5, 0.6) is 0 Å². The number of rotatable bonds is 3. The Morgan fingerprint density at radius 2 is 2.14 bits per heavy atom. The van der Waals surface area contributed by atoms with Crippen LogP contribution in [0.4, 0.5) is 0 Å². The second-order valence-electron chi connectivity index (χ2n) is 3.29. The highest BCUT2D eigenvalue weighted by atomic mass is 16.5. The molecule has 1 aromatic rings. The van der Waals surface area contributed by atoms with Crippen LogP contribution in [0.1, 0.15) is 19.9 Å². The van der Waals surface area contributed by atoms with E-state index >= 15 is 0 Å². The topological polar surface area (TPSA) is 53.2 Å². The lowest BCUT2D eigenvalue weighted by Gasteiger charge is -2.04. The molecule has 1 aromatic heterocycles. The summed E-state index contributed by atoms with van der Waals surface area (Å²) in [5, 5.41) is 0. The Morgan fingerprint density at radius 3 is 2.57 bits per heavy atom. The van der Waals surface area contributed by atoms with Gasteiger partial charge in [-0.3, -0.25) is 13.9 Å². The van der Waals surface area contributed by atoms with E-state index in [0.29, 0.717) is 0 Å². The lowest BCUT2D eigenvalue weighted by molar-refractivity contribution is -0.141. The van der Waals surface area contributed by atoms with Crippen LogP contribution in [0.25, 0.3) is 0 Å². The average molecular weight is 198 g/mol. The van der Waals surface area contributed by atoms with Gasteiger partial charge in [0.15, 0.2) is 0 Å². The number of hydrogen-bond acceptors (Lipinski definition) is 3. The maximum atomic E-state index is 11.6. The lowest BCUT2D eigenvalue weighted by Crippen LogP contribution is -2.27. The van der Waals surface area contributed by atoms with Crippen LogP contribution in [-0.2, 0) is 16.1 Å². The van der Waals surface area contributed by atoms with E-state index < -0.39 is 5.97 Å². The van der Waals surface area contributed by atoms with Crippen LogP contribution in [0.15, 0.2) is 17.2 Å². The van der Waals surface area contributed by atoms with E-state index in [0.717, 1.165) is 0 Å². The number of esters is 1. The Labute approximate surface area is 81.9 Å². The van der Waals surface area contributed by atoms with E-state index in [4.69, 9.17) is 0 Å². The third kappa shape index (κ3) is 2.04. The zero-order chi connectivity index (χ0) is 10.7. The van der Waals surface area contributed by atoms with Gasteiger partial charge in [-0.05, 0) is 13.8 Å². The van der Waals surface area contributed by atoms with Crippen molar-refractivity contribution >= 4 is 5.97 Å². The Kier molecular flexibility index (Phi) is 3.11. The van der Waals surface area contributed by atoms with Crippen molar-refractivity contribution in [2.24, 2.45) is 0 Å². The smallest absolute Gasteiger partial charge is 0.328 e. The zero-order valence-electron chi connectivity index (χ0n) is 8.56. The number of hydrogen-bond donors (Lipinski definition) is 0. The van der Waals surface area contributed by atoms with Crippen molar-refractivity contribution in [3.8, 4) is 0 Å². The molecule has 0 aliphatic rings. The van der Waals surface area contributed by atoms with Gasteiger partial charge in [-0.25, -0.2) is 4.79 Å². The summed E-state index contributed by atoms with van der Waals surface area (Å²) in [6.45, 7) is 3.78. The molecule has 0 fully saturated rings. The molecule has 0 N–H and O–H groups in total. The molecule has 0 saturated carbocycles. The number of nitrogens with zero attached hydrogens (tertiary/aromatic N) is 2. The highest BCUT2D eigenvalue weighted by Gasteiger charge is 2.08. The number of carbonyl (C=O) groups is 1. The fourth-order valence-electron chi connectivity index (χ4n) is 1.15. The highest BCUT2D eigenvalue weighted by molar-refractivity contribution is 5.68. The predicted molar refractivity (Wildman–Crippen MR) is 51.1 cm³/mol. The van der Waals surface area contributed by atoms with Gasteiger partial charge in [0.1, 0.15) is 6.54 Å². The highest BCUT2D eigenvalue weighted by Crippen LogP contribution is 1.98. The van der Waals surface area contributed by atoms with Crippen LogP contribution in [0.3, 0.4) is 0 Å². The maximum absolute atomic E-state index is 11.6. The molecular formula is C9H14N2O3. The predicted octanol–water partition coefficient (Wildman–Crippen LogP) is 0.404. The molecule has 0 saturated heterocycles. The number of imidazole rings is 1. The first-order valence-corrected chi connectivity index (χ1v) is 4.40. The minimum atomic E-state index is -0.423. The van der Waals surface area contributed by atoms with Crippen molar-refractivity contribution in [1.29, 1.82) is 0 Å². The van der Waals surface area contributed by atoms with Crippen molar-refractivity contribution in [2.45, 2.75) is 26.4 Å². The number of methoxy groups -OCH3 is 1. The van der Waals surface area contributed by atoms with Crippen molar-refractivity contribution in [3.63, 3.8) is 0 Å². The summed E-state index contributed by atoms with van der Waals surface area (Å²) in [5.41, 5.74) is -0.189. The minimum Gasteiger partial charge on any atom is -0.468 e. The van der Waals surface area contributed by atoms with Gasteiger partial charge in [-0.2, -0.15) is 0 Å². The first-order chi connectivity index (χ1) is 6.56. The summed E-state index contributed by atoms with van der Waals surface area (Å²) in [6, 6.07) is 0.0985. The molecule has 0 aliphatic heterocycles. The first kappa shape index (κ1) is 10.6. The van der Waals surface area contributed by atoms with E-state index in [1.165, 1.54) is 11.7 Å². The molecule has 0 radical (unpaired) electrons. The zero-order valence-corrected chi connectivity index (χ0v) is 8.56. The van der Waals surface area contributed by atoms with Gasteiger partial charge in [0, 0.05) is 18.4 Å². The SMILES string of the molecule is COC(=O)Cn1ccn(C(C)C)c1=O. The Bertz CT molecular complexity index is 376. The quantitative estimate of drug-likeness (QED) is 0.661. The van der Waals surface area contributed by atoms with Crippen LogP contribution in [0.2, 0.25) is 0 Å². The monoisotopic (exact) mass is 198 g/mol. The molecule has 5 heteroatoms. The minimum absolute atomic E-state index is 0.0327. The molecule has 1 heterocycles. The molecule has 0 spiro atoms. The second kappa shape index (κ2) is 4.13. The third-order valence-corrected chi connectivity index (χ3v) is 1.96. The van der Waals surface area contributed by atoms with Gasteiger partial charge in [-0.1, -0.05) is 0 Å². The van der Waals surface area contributed by atoms with E-state index in [-0.39, 0.29) is 18.3 Å². The summed E-state index contributed by atoms with van der Waals surface area (Å²) < 4.78 is 7.35. The van der Waals surface area contributed by atoms with Gasteiger partial charge in [0.25, 0.3) is 0 Å². The van der Waals surface area contributed by atoms with Gasteiger partial charge in [0.05, 0.1) is 7.11 Å². The van der Waals surface area contributed by atoms with Crippen molar-refractivity contribution in [3.05, 3.63) is 22.9 Å². The van der Waals surface area contributed by atoms with Crippen molar-refractivity contribution in [2.75, 3.05) is 7.11 Å². The summed E-state index contributed by atoms with van der Waals surface area (Å²) in [5.74, 6) is -0.423. The second-order valence-corrected chi connectivity index (χ2v) is 3.29. The van der Waals surface area contributed by atoms with E-state index in [1.807, 2.05) is 13.8 Å². The molecule has 0 unspecified atom stereocenters. The van der Waals surface area contributed by atoms with Crippen molar-refractivity contribution in [1.82, 2.24) is 9.13 Å². The molecule has 78 valence electrons. The molecule has 0 amide bonds. The van der Waals surface area contributed by atoms with Crippen LogP contribution in [0, 0.1) is 0 Å².